The normalized spacial score (nSPS) is 18.8. The first-order valence-electron chi connectivity index (χ1n) is 7.32. The molecule has 1 N–H and O–H groups in total. The van der Waals surface area contributed by atoms with Crippen LogP contribution in [0, 0.1) is 0 Å². The van der Waals surface area contributed by atoms with Gasteiger partial charge in [-0.3, -0.25) is 4.79 Å². The Kier molecular flexibility index (Phi) is 5.92. The molecule has 0 saturated carbocycles. The third kappa shape index (κ3) is 4.53. The number of aryl methyl sites for hydroxylation is 1. The lowest BCUT2D eigenvalue weighted by Crippen LogP contribution is -2.41. The van der Waals surface area contributed by atoms with E-state index in [1.165, 1.54) is 11.1 Å². The fraction of sp³-hybridized carbons (Fsp3) is 0.562. The predicted molar refractivity (Wildman–Crippen MR) is 86.0 cm³/mol. The molecule has 0 bridgehead atoms. The summed E-state index contributed by atoms with van der Waals surface area (Å²) in [4.78, 5) is 14.1. The van der Waals surface area contributed by atoms with E-state index >= 15 is 0 Å². The minimum Gasteiger partial charge on any atom is -0.341 e. The van der Waals surface area contributed by atoms with Crippen LogP contribution in [0.4, 0.5) is 0 Å². The van der Waals surface area contributed by atoms with Crippen LogP contribution in [0.1, 0.15) is 24.5 Å². The maximum atomic E-state index is 12.2. The molecule has 1 saturated heterocycles. The highest BCUT2D eigenvalue weighted by atomic mass is 32.2. The monoisotopic (exact) mass is 292 g/mol. The largest absolute Gasteiger partial charge is 0.341 e. The number of thioether (sulfide) groups is 1. The van der Waals surface area contributed by atoms with Gasteiger partial charge in [-0.1, -0.05) is 31.2 Å². The van der Waals surface area contributed by atoms with E-state index in [4.69, 9.17) is 0 Å². The number of amides is 1. The molecule has 1 aliphatic rings. The number of nitrogens with zero attached hydrogens (tertiary/aromatic N) is 1. The molecular formula is C16H24N2OS. The van der Waals surface area contributed by atoms with E-state index in [0.717, 1.165) is 24.5 Å². The minimum absolute atomic E-state index is 0.226. The van der Waals surface area contributed by atoms with Crippen LogP contribution in [0.2, 0.25) is 0 Å². The van der Waals surface area contributed by atoms with Crippen molar-refractivity contribution < 1.29 is 4.79 Å². The highest BCUT2D eigenvalue weighted by Gasteiger charge is 2.19. The number of hydrogen-bond acceptors (Lipinski definition) is 3. The Labute approximate surface area is 126 Å². The van der Waals surface area contributed by atoms with Gasteiger partial charge >= 0.3 is 0 Å². The summed E-state index contributed by atoms with van der Waals surface area (Å²) >= 11 is 1.93. The van der Waals surface area contributed by atoms with Crippen molar-refractivity contribution in [3.8, 4) is 0 Å². The Balaban J connectivity index is 1.83. The maximum absolute atomic E-state index is 12.2. The van der Waals surface area contributed by atoms with Gasteiger partial charge in [0.1, 0.15) is 0 Å². The lowest BCUT2D eigenvalue weighted by atomic mass is 10.1. The quantitative estimate of drug-likeness (QED) is 0.904. The predicted octanol–water partition coefficient (Wildman–Crippen LogP) is 2.30. The van der Waals surface area contributed by atoms with Gasteiger partial charge in [0.2, 0.25) is 5.91 Å². The molecule has 4 heteroatoms. The minimum atomic E-state index is 0.226. The van der Waals surface area contributed by atoms with E-state index in [1.807, 2.05) is 23.7 Å². The van der Waals surface area contributed by atoms with Crippen molar-refractivity contribution in [1.29, 1.82) is 0 Å². The molecule has 1 aromatic rings. The van der Waals surface area contributed by atoms with E-state index < -0.39 is 0 Å². The molecule has 0 spiro atoms. The van der Waals surface area contributed by atoms with Crippen LogP contribution in [0.3, 0.4) is 0 Å². The van der Waals surface area contributed by atoms with Gasteiger partial charge in [-0.25, -0.2) is 0 Å². The molecule has 0 aliphatic carbocycles. The molecule has 1 aromatic carbocycles. The summed E-state index contributed by atoms with van der Waals surface area (Å²) in [5, 5.41) is 3.42. The summed E-state index contributed by atoms with van der Waals surface area (Å²) in [6, 6.07) is 8.88. The SMILES string of the molecule is CCc1ccc(CN(C)C(=O)CC2CSCCN2)cc1. The fourth-order valence-electron chi connectivity index (χ4n) is 2.36. The molecule has 1 amide bonds. The van der Waals surface area contributed by atoms with Crippen molar-refractivity contribution in [2.45, 2.75) is 32.4 Å². The molecule has 1 unspecified atom stereocenters. The van der Waals surface area contributed by atoms with Crippen LogP contribution in [0.5, 0.6) is 0 Å². The number of benzene rings is 1. The molecule has 3 nitrogen and oxygen atoms in total. The van der Waals surface area contributed by atoms with Crippen LogP contribution in [-0.4, -0.2) is 41.9 Å². The van der Waals surface area contributed by atoms with E-state index in [1.54, 1.807) is 0 Å². The van der Waals surface area contributed by atoms with Crippen LogP contribution < -0.4 is 5.32 Å². The Morgan fingerprint density at radius 3 is 2.65 bits per heavy atom. The lowest BCUT2D eigenvalue weighted by molar-refractivity contribution is -0.130. The Morgan fingerprint density at radius 2 is 2.05 bits per heavy atom. The third-order valence-corrected chi connectivity index (χ3v) is 4.83. The highest BCUT2D eigenvalue weighted by molar-refractivity contribution is 7.99. The average molecular weight is 292 g/mol. The van der Waals surface area contributed by atoms with E-state index in [0.29, 0.717) is 19.0 Å². The van der Waals surface area contributed by atoms with Crippen molar-refractivity contribution in [3.05, 3.63) is 35.4 Å². The highest BCUT2D eigenvalue weighted by Crippen LogP contribution is 2.13. The van der Waals surface area contributed by atoms with Crippen molar-refractivity contribution in [2.24, 2.45) is 0 Å². The summed E-state index contributed by atoms with van der Waals surface area (Å²) in [6.07, 6.45) is 1.66. The summed E-state index contributed by atoms with van der Waals surface area (Å²) < 4.78 is 0. The van der Waals surface area contributed by atoms with Crippen LogP contribution in [0.25, 0.3) is 0 Å². The molecule has 20 heavy (non-hydrogen) atoms. The molecule has 0 radical (unpaired) electrons. The number of carbonyl (C=O) groups excluding carboxylic acids is 1. The maximum Gasteiger partial charge on any atom is 0.224 e. The Hall–Kier alpha value is -1.00. The van der Waals surface area contributed by atoms with Gasteiger partial charge in [-0.05, 0) is 17.5 Å². The van der Waals surface area contributed by atoms with Crippen molar-refractivity contribution in [1.82, 2.24) is 10.2 Å². The summed E-state index contributed by atoms with van der Waals surface area (Å²) in [5.74, 6) is 2.43. The van der Waals surface area contributed by atoms with Crippen LogP contribution in [0.15, 0.2) is 24.3 Å². The molecule has 110 valence electrons. The van der Waals surface area contributed by atoms with Gasteiger partial charge in [0.05, 0.1) is 0 Å². The van der Waals surface area contributed by atoms with Crippen molar-refractivity contribution in [2.75, 3.05) is 25.1 Å². The van der Waals surface area contributed by atoms with E-state index in [-0.39, 0.29) is 5.91 Å². The van der Waals surface area contributed by atoms with Crippen LogP contribution in [-0.2, 0) is 17.8 Å². The van der Waals surface area contributed by atoms with Crippen LogP contribution >= 0.6 is 11.8 Å². The summed E-state index contributed by atoms with van der Waals surface area (Å²) in [7, 11) is 1.89. The first kappa shape index (κ1) is 15.4. The number of hydrogen-bond donors (Lipinski definition) is 1. The van der Waals surface area contributed by atoms with Crippen molar-refractivity contribution in [3.63, 3.8) is 0 Å². The zero-order valence-electron chi connectivity index (χ0n) is 12.4. The summed E-state index contributed by atoms with van der Waals surface area (Å²) in [5.41, 5.74) is 2.54. The topological polar surface area (TPSA) is 32.3 Å². The van der Waals surface area contributed by atoms with Crippen molar-refractivity contribution >= 4 is 17.7 Å². The first-order valence-corrected chi connectivity index (χ1v) is 8.47. The molecule has 1 fully saturated rings. The van der Waals surface area contributed by atoms with Gasteiger partial charge in [0, 0.05) is 44.1 Å². The summed E-state index contributed by atoms with van der Waals surface area (Å²) in [6.45, 7) is 3.87. The van der Waals surface area contributed by atoms with Gasteiger partial charge in [-0.15, -0.1) is 0 Å². The van der Waals surface area contributed by atoms with E-state index in [2.05, 4.69) is 36.5 Å². The number of rotatable bonds is 5. The first-order chi connectivity index (χ1) is 9.69. The number of nitrogens with one attached hydrogen (secondary N) is 1. The van der Waals surface area contributed by atoms with Gasteiger partial charge in [0.25, 0.3) is 0 Å². The lowest BCUT2D eigenvalue weighted by Gasteiger charge is -2.25. The fourth-order valence-corrected chi connectivity index (χ4v) is 3.31. The Bertz CT molecular complexity index is 427. The van der Waals surface area contributed by atoms with Gasteiger partial charge in [-0.2, -0.15) is 11.8 Å². The zero-order valence-corrected chi connectivity index (χ0v) is 13.2. The molecule has 1 atom stereocenters. The molecular weight excluding hydrogens is 268 g/mol. The zero-order chi connectivity index (χ0) is 14.4. The molecule has 2 rings (SSSR count). The smallest absolute Gasteiger partial charge is 0.224 e. The van der Waals surface area contributed by atoms with E-state index in [9.17, 15) is 4.79 Å². The second-order valence-electron chi connectivity index (χ2n) is 5.35. The standard InChI is InChI=1S/C16H24N2OS/c1-3-13-4-6-14(7-5-13)11-18(2)16(19)10-15-12-20-9-8-17-15/h4-7,15,17H,3,8-12H2,1-2H3. The number of carbonyl (C=O) groups is 1. The van der Waals surface area contributed by atoms with Gasteiger partial charge in [0.15, 0.2) is 0 Å². The van der Waals surface area contributed by atoms with Gasteiger partial charge < -0.3 is 10.2 Å². The third-order valence-electron chi connectivity index (χ3n) is 3.70. The molecule has 1 heterocycles. The second kappa shape index (κ2) is 7.70. The Morgan fingerprint density at radius 1 is 1.35 bits per heavy atom. The molecule has 1 aliphatic heterocycles. The second-order valence-corrected chi connectivity index (χ2v) is 6.50. The molecule has 0 aromatic heterocycles. The average Bonchev–Trinajstić information content (AvgIpc) is 2.49.